The van der Waals surface area contributed by atoms with Crippen LogP contribution < -0.4 is 5.32 Å². The van der Waals surface area contributed by atoms with Crippen LogP contribution in [0.25, 0.3) is 16.9 Å². The average molecular weight is 449 g/mol. The third kappa shape index (κ3) is 4.05. The van der Waals surface area contributed by atoms with E-state index in [4.69, 9.17) is 0 Å². The summed E-state index contributed by atoms with van der Waals surface area (Å²) >= 11 is 0. The molecule has 33 heavy (non-hydrogen) atoms. The van der Waals surface area contributed by atoms with E-state index in [1.165, 1.54) is 6.07 Å². The molecule has 0 spiro atoms. The van der Waals surface area contributed by atoms with Crippen LogP contribution in [0.5, 0.6) is 0 Å². The second-order valence-corrected chi connectivity index (χ2v) is 7.60. The predicted octanol–water partition coefficient (Wildman–Crippen LogP) is 5.06. The highest BCUT2D eigenvalue weighted by molar-refractivity contribution is 6.02. The molecule has 1 atom stereocenters. The number of nitrogens with zero attached hydrogens (tertiary/aromatic N) is 4. The van der Waals surface area contributed by atoms with Crippen LogP contribution in [0.1, 0.15) is 22.1 Å². The minimum absolute atomic E-state index is 0.191. The molecule has 2 aromatic heterocycles. The van der Waals surface area contributed by atoms with E-state index in [0.717, 1.165) is 10.6 Å². The summed E-state index contributed by atoms with van der Waals surface area (Å²) in [6.45, 7) is -1.40. The number of benzene rings is 2. The van der Waals surface area contributed by atoms with Crippen molar-refractivity contribution in [2.24, 2.45) is 0 Å². The fourth-order valence-corrected chi connectivity index (χ4v) is 3.92. The van der Waals surface area contributed by atoms with Crippen molar-refractivity contribution in [3.63, 3.8) is 0 Å². The van der Waals surface area contributed by atoms with Crippen molar-refractivity contribution >= 4 is 11.6 Å². The van der Waals surface area contributed by atoms with E-state index in [0.29, 0.717) is 22.5 Å². The summed E-state index contributed by atoms with van der Waals surface area (Å²) in [5, 5.41) is 7.78. The van der Waals surface area contributed by atoms with Gasteiger partial charge in [-0.3, -0.25) is 9.78 Å². The van der Waals surface area contributed by atoms with Crippen LogP contribution in [-0.2, 0) is 0 Å². The maximum absolute atomic E-state index is 13.5. The lowest BCUT2D eigenvalue weighted by molar-refractivity contribution is -0.144. The lowest BCUT2D eigenvalue weighted by Crippen LogP contribution is -2.47. The van der Waals surface area contributed by atoms with E-state index in [-0.39, 0.29) is 5.56 Å². The van der Waals surface area contributed by atoms with E-state index in [1.54, 1.807) is 53.6 Å². The topological polar surface area (TPSA) is 63.1 Å². The van der Waals surface area contributed by atoms with Crippen molar-refractivity contribution in [2.75, 3.05) is 11.9 Å². The molecule has 1 aliphatic rings. The van der Waals surface area contributed by atoms with Crippen LogP contribution in [0.4, 0.5) is 18.9 Å². The Hall–Kier alpha value is -4.14. The molecule has 0 radical (unpaired) electrons. The molecular formula is C24H18F3N5O. The first-order valence-electron chi connectivity index (χ1n) is 10.2. The monoisotopic (exact) mass is 449 g/mol. The zero-order valence-electron chi connectivity index (χ0n) is 17.2. The van der Waals surface area contributed by atoms with Gasteiger partial charge in [-0.15, -0.1) is 0 Å². The minimum atomic E-state index is -4.58. The van der Waals surface area contributed by atoms with Crippen LogP contribution in [0.2, 0.25) is 0 Å². The summed E-state index contributed by atoms with van der Waals surface area (Å²) in [4.78, 5) is 18.1. The molecule has 0 aliphatic carbocycles. The second kappa shape index (κ2) is 8.09. The molecule has 0 bridgehead atoms. The van der Waals surface area contributed by atoms with Gasteiger partial charge in [0.1, 0.15) is 18.4 Å². The molecule has 6 nitrogen and oxygen atoms in total. The Morgan fingerprint density at radius 2 is 1.73 bits per heavy atom. The number of halogens is 3. The third-order valence-electron chi connectivity index (χ3n) is 5.36. The normalized spacial score (nSPS) is 15.8. The van der Waals surface area contributed by atoms with E-state index in [9.17, 15) is 18.0 Å². The molecule has 1 amide bonds. The number of carbonyl (C=O) groups excluding carboxylic acids is 1. The van der Waals surface area contributed by atoms with Crippen molar-refractivity contribution in [3.8, 4) is 16.9 Å². The first-order chi connectivity index (χ1) is 15.9. The summed E-state index contributed by atoms with van der Waals surface area (Å²) in [7, 11) is 0. The number of pyridine rings is 1. The molecule has 0 saturated heterocycles. The lowest BCUT2D eigenvalue weighted by Gasteiger charge is -2.38. The molecule has 1 N–H and O–H groups in total. The van der Waals surface area contributed by atoms with Crippen LogP contribution in [0.15, 0.2) is 85.3 Å². The number of alkyl halides is 3. The highest BCUT2D eigenvalue weighted by atomic mass is 19.4. The number of fused-ring (bicyclic) bond motifs is 1. The Morgan fingerprint density at radius 1 is 0.970 bits per heavy atom. The number of aromatic nitrogens is 3. The summed E-state index contributed by atoms with van der Waals surface area (Å²) in [5.41, 5.74) is 2.88. The summed E-state index contributed by atoms with van der Waals surface area (Å²) < 4.78 is 42.2. The predicted molar refractivity (Wildman–Crippen MR) is 117 cm³/mol. The van der Waals surface area contributed by atoms with E-state index < -0.39 is 24.8 Å². The number of hydrogen-bond acceptors (Lipinski definition) is 4. The number of rotatable bonds is 4. The maximum atomic E-state index is 13.5. The zero-order valence-corrected chi connectivity index (χ0v) is 17.2. The Morgan fingerprint density at radius 3 is 2.45 bits per heavy atom. The molecule has 9 heteroatoms. The van der Waals surface area contributed by atoms with Crippen molar-refractivity contribution in [2.45, 2.75) is 12.3 Å². The number of carbonyl (C=O) groups is 1. The van der Waals surface area contributed by atoms with E-state index in [2.05, 4.69) is 15.4 Å². The Bertz CT molecular complexity index is 1290. The van der Waals surface area contributed by atoms with Gasteiger partial charge in [0.15, 0.2) is 0 Å². The van der Waals surface area contributed by atoms with E-state index >= 15 is 0 Å². The number of amides is 1. The highest BCUT2D eigenvalue weighted by Gasteiger charge is 2.42. The molecule has 0 saturated carbocycles. The van der Waals surface area contributed by atoms with Gasteiger partial charge in [-0.25, -0.2) is 4.68 Å². The first kappa shape index (κ1) is 20.7. The Balaban J connectivity index is 1.68. The standard InChI is InChI=1S/C24H18F3N5O/c25-24(26,27)15-31-22(29-20-11-5-4-10-18(20)23(31)33)19-14-32(17-8-2-1-3-9-17)30-21(19)16-7-6-12-28-13-16/h1-14,22,29H,15H2. The fourth-order valence-electron chi connectivity index (χ4n) is 3.92. The lowest BCUT2D eigenvalue weighted by atomic mass is 10.0. The molecular weight excluding hydrogens is 431 g/mol. The van der Waals surface area contributed by atoms with Crippen LogP contribution in [-0.4, -0.2) is 38.3 Å². The zero-order chi connectivity index (χ0) is 23.0. The van der Waals surface area contributed by atoms with Gasteiger partial charge in [0.2, 0.25) is 0 Å². The third-order valence-corrected chi connectivity index (χ3v) is 5.36. The van der Waals surface area contributed by atoms with Crippen molar-refractivity contribution in [1.29, 1.82) is 0 Å². The van der Waals surface area contributed by atoms with Gasteiger partial charge < -0.3 is 10.2 Å². The summed E-state index contributed by atoms with van der Waals surface area (Å²) in [6, 6.07) is 19.3. The quantitative estimate of drug-likeness (QED) is 0.473. The van der Waals surface area contributed by atoms with Crippen LogP contribution >= 0.6 is 0 Å². The minimum Gasteiger partial charge on any atom is -0.361 e. The van der Waals surface area contributed by atoms with Gasteiger partial charge in [0, 0.05) is 35.4 Å². The van der Waals surface area contributed by atoms with Crippen molar-refractivity contribution < 1.29 is 18.0 Å². The highest BCUT2D eigenvalue weighted by Crippen LogP contribution is 2.38. The SMILES string of the molecule is O=C1c2ccccc2NC(c2cn(-c3ccccc3)nc2-c2cccnc2)N1CC(F)(F)F. The molecule has 166 valence electrons. The number of para-hydroxylation sites is 2. The van der Waals surface area contributed by atoms with Crippen molar-refractivity contribution in [3.05, 3.63) is 96.4 Å². The maximum Gasteiger partial charge on any atom is 0.406 e. The molecule has 1 unspecified atom stereocenters. The Labute approximate surface area is 187 Å². The van der Waals surface area contributed by atoms with Gasteiger partial charge >= 0.3 is 6.18 Å². The molecule has 2 aromatic carbocycles. The molecule has 5 rings (SSSR count). The van der Waals surface area contributed by atoms with Gasteiger partial charge in [0.05, 0.1) is 11.3 Å². The van der Waals surface area contributed by atoms with Crippen molar-refractivity contribution in [1.82, 2.24) is 19.7 Å². The largest absolute Gasteiger partial charge is 0.406 e. The van der Waals surface area contributed by atoms with Crippen LogP contribution in [0, 0.1) is 0 Å². The molecule has 4 aromatic rings. The molecule has 1 aliphatic heterocycles. The smallest absolute Gasteiger partial charge is 0.361 e. The fraction of sp³-hybridized carbons (Fsp3) is 0.125. The van der Waals surface area contributed by atoms with Gasteiger partial charge in [-0.1, -0.05) is 30.3 Å². The average Bonchev–Trinajstić information content (AvgIpc) is 3.27. The summed E-state index contributed by atoms with van der Waals surface area (Å²) in [5.74, 6) is -0.698. The summed E-state index contributed by atoms with van der Waals surface area (Å²) in [6.07, 6.45) is -0.812. The molecule has 3 heterocycles. The first-order valence-corrected chi connectivity index (χ1v) is 10.2. The van der Waals surface area contributed by atoms with E-state index in [1.807, 2.05) is 30.3 Å². The number of anilines is 1. The van der Waals surface area contributed by atoms with Gasteiger partial charge in [-0.05, 0) is 36.4 Å². The second-order valence-electron chi connectivity index (χ2n) is 7.60. The number of hydrogen-bond donors (Lipinski definition) is 1. The van der Waals surface area contributed by atoms with Crippen LogP contribution in [0.3, 0.4) is 0 Å². The number of nitrogens with one attached hydrogen (secondary N) is 1. The van der Waals surface area contributed by atoms with Gasteiger partial charge in [0.25, 0.3) is 5.91 Å². The van der Waals surface area contributed by atoms with Gasteiger partial charge in [-0.2, -0.15) is 18.3 Å². The molecule has 0 fully saturated rings. The Kier molecular flexibility index (Phi) is 5.08.